The van der Waals surface area contributed by atoms with Gasteiger partial charge < -0.3 is 4.74 Å². The van der Waals surface area contributed by atoms with Crippen molar-refractivity contribution in [3.63, 3.8) is 0 Å². The van der Waals surface area contributed by atoms with E-state index in [4.69, 9.17) is 4.74 Å². The van der Waals surface area contributed by atoms with Crippen LogP contribution in [0.4, 0.5) is 0 Å². The molecule has 0 aromatic heterocycles. The molecule has 1 aliphatic carbocycles. The van der Waals surface area contributed by atoms with Crippen LogP contribution in [0.15, 0.2) is 24.3 Å². The number of hydrogen-bond donors (Lipinski definition) is 0. The lowest BCUT2D eigenvalue weighted by molar-refractivity contribution is -0.153. The SMILES string of the molecule is C=C(C)C(=O)OC(C)(C)C1CCc2cc(C)c(C)cc21. The van der Waals surface area contributed by atoms with Crippen molar-refractivity contribution in [3.05, 3.63) is 46.5 Å². The molecule has 1 unspecified atom stereocenters. The summed E-state index contributed by atoms with van der Waals surface area (Å²) in [5, 5.41) is 0. The number of hydrogen-bond acceptors (Lipinski definition) is 2. The van der Waals surface area contributed by atoms with E-state index in [1.165, 1.54) is 22.3 Å². The first kappa shape index (κ1) is 14.8. The smallest absolute Gasteiger partial charge is 0.333 e. The molecule has 1 aromatic carbocycles. The predicted molar refractivity (Wildman–Crippen MR) is 82.0 cm³/mol. The fourth-order valence-corrected chi connectivity index (χ4v) is 3.01. The summed E-state index contributed by atoms with van der Waals surface area (Å²) in [4.78, 5) is 11.8. The average molecular weight is 272 g/mol. The lowest BCUT2D eigenvalue weighted by Crippen LogP contribution is -2.34. The summed E-state index contributed by atoms with van der Waals surface area (Å²) >= 11 is 0. The van der Waals surface area contributed by atoms with Crippen LogP contribution in [0.1, 0.15) is 55.4 Å². The van der Waals surface area contributed by atoms with Crippen LogP contribution in [0.3, 0.4) is 0 Å². The van der Waals surface area contributed by atoms with Gasteiger partial charge in [0.1, 0.15) is 5.60 Å². The Morgan fingerprint density at radius 2 is 1.90 bits per heavy atom. The Labute approximate surface area is 121 Å². The van der Waals surface area contributed by atoms with Crippen LogP contribution >= 0.6 is 0 Å². The molecule has 0 radical (unpaired) electrons. The van der Waals surface area contributed by atoms with Crippen molar-refractivity contribution in [1.82, 2.24) is 0 Å². The third kappa shape index (κ3) is 2.65. The molecule has 1 atom stereocenters. The molecule has 1 aliphatic rings. The Morgan fingerprint density at radius 3 is 2.50 bits per heavy atom. The number of ether oxygens (including phenoxy) is 1. The van der Waals surface area contributed by atoms with E-state index in [-0.39, 0.29) is 11.9 Å². The van der Waals surface area contributed by atoms with Gasteiger partial charge in [0, 0.05) is 11.5 Å². The second-order valence-corrected chi connectivity index (χ2v) is 6.50. The topological polar surface area (TPSA) is 26.3 Å². The highest BCUT2D eigenvalue weighted by molar-refractivity contribution is 5.87. The molecule has 0 amide bonds. The van der Waals surface area contributed by atoms with Crippen molar-refractivity contribution >= 4 is 5.97 Å². The number of esters is 1. The molecular formula is C18H24O2. The largest absolute Gasteiger partial charge is 0.456 e. The molecule has 2 rings (SSSR count). The van der Waals surface area contributed by atoms with Crippen molar-refractivity contribution in [2.75, 3.05) is 0 Å². The zero-order chi connectivity index (χ0) is 15.1. The van der Waals surface area contributed by atoms with Crippen LogP contribution in [0.25, 0.3) is 0 Å². The van der Waals surface area contributed by atoms with Gasteiger partial charge in [0.05, 0.1) is 0 Å². The number of carbonyl (C=O) groups is 1. The summed E-state index contributed by atoms with van der Waals surface area (Å²) < 4.78 is 5.67. The van der Waals surface area contributed by atoms with Crippen molar-refractivity contribution in [2.24, 2.45) is 0 Å². The highest BCUT2D eigenvalue weighted by Gasteiger charge is 2.38. The van der Waals surface area contributed by atoms with Gasteiger partial charge >= 0.3 is 5.97 Å². The molecule has 0 N–H and O–H groups in total. The summed E-state index contributed by atoms with van der Waals surface area (Å²) in [5.41, 5.74) is 5.34. The number of aryl methyl sites for hydroxylation is 3. The number of carbonyl (C=O) groups excluding carboxylic acids is 1. The summed E-state index contributed by atoms with van der Waals surface area (Å²) in [6.07, 6.45) is 2.10. The Morgan fingerprint density at radius 1 is 1.30 bits per heavy atom. The molecule has 0 fully saturated rings. The zero-order valence-electron chi connectivity index (χ0n) is 13.2. The number of fused-ring (bicyclic) bond motifs is 1. The van der Waals surface area contributed by atoms with E-state index in [2.05, 4.69) is 32.6 Å². The van der Waals surface area contributed by atoms with E-state index in [0.29, 0.717) is 5.57 Å². The van der Waals surface area contributed by atoms with Gasteiger partial charge in [0.2, 0.25) is 0 Å². The van der Waals surface area contributed by atoms with Crippen LogP contribution in [0.5, 0.6) is 0 Å². The van der Waals surface area contributed by atoms with E-state index in [9.17, 15) is 4.79 Å². The van der Waals surface area contributed by atoms with Gasteiger partial charge in [-0.15, -0.1) is 0 Å². The van der Waals surface area contributed by atoms with Crippen molar-refractivity contribution in [2.45, 2.75) is 59.0 Å². The van der Waals surface area contributed by atoms with E-state index in [1.54, 1.807) is 6.92 Å². The van der Waals surface area contributed by atoms with Crippen molar-refractivity contribution in [1.29, 1.82) is 0 Å². The summed E-state index contributed by atoms with van der Waals surface area (Å²) in [7, 11) is 0. The van der Waals surface area contributed by atoms with Gasteiger partial charge in [-0.05, 0) is 69.7 Å². The minimum atomic E-state index is -0.497. The summed E-state index contributed by atoms with van der Waals surface area (Å²) in [5.74, 6) is -0.0348. The first-order chi connectivity index (χ1) is 9.22. The van der Waals surface area contributed by atoms with Crippen molar-refractivity contribution in [3.8, 4) is 0 Å². The average Bonchev–Trinajstić information content (AvgIpc) is 2.72. The van der Waals surface area contributed by atoms with Crippen LogP contribution in [-0.4, -0.2) is 11.6 Å². The molecule has 0 heterocycles. The molecule has 0 bridgehead atoms. The first-order valence-corrected chi connectivity index (χ1v) is 7.21. The van der Waals surface area contributed by atoms with Gasteiger partial charge in [0.15, 0.2) is 0 Å². The number of benzene rings is 1. The molecule has 108 valence electrons. The van der Waals surface area contributed by atoms with Crippen molar-refractivity contribution < 1.29 is 9.53 Å². The van der Waals surface area contributed by atoms with Gasteiger partial charge in [-0.3, -0.25) is 0 Å². The minimum absolute atomic E-state index is 0.264. The Hall–Kier alpha value is -1.57. The second kappa shape index (κ2) is 5.08. The van der Waals surface area contributed by atoms with E-state index >= 15 is 0 Å². The molecule has 1 aromatic rings. The summed E-state index contributed by atoms with van der Waals surface area (Å²) in [6, 6.07) is 4.54. The highest BCUT2D eigenvalue weighted by Crippen LogP contribution is 2.43. The standard InChI is InChI=1S/C18H24O2/c1-11(2)17(19)20-18(5,6)16-8-7-14-9-12(3)13(4)10-15(14)16/h9-10,16H,1,7-8H2,2-6H3. The van der Waals surface area contributed by atoms with E-state index in [1.807, 2.05) is 13.8 Å². The predicted octanol–water partition coefficient (Wildman–Crippen LogP) is 4.23. The maximum Gasteiger partial charge on any atom is 0.333 e. The van der Waals surface area contributed by atoms with Crippen LogP contribution < -0.4 is 0 Å². The van der Waals surface area contributed by atoms with Gasteiger partial charge in [-0.2, -0.15) is 0 Å². The maximum absolute atomic E-state index is 11.8. The third-order valence-electron chi connectivity index (χ3n) is 4.38. The Bertz CT molecular complexity index is 567. The van der Waals surface area contributed by atoms with Crippen LogP contribution in [0, 0.1) is 13.8 Å². The second-order valence-electron chi connectivity index (χ2n) is 6.50. The van der Waals surface area contributed by atoms with Gasteiger partial charge in [0.25, 0.3) is 0 Å². The van der Waals surface area contributed by atoms with E-state index in [0.717, 1.165) is 12.8 Å². The maximum atomic E-state index is 11.8. The number of rotatable bonds is 3. The monoisotopic (exact) mass is 272 g/mol. The lowest BCUT2D eigenvalue weighted by Gasteiger charge is -2.32. The van der Waals surface area contributed by atoms with Crippen LogP contribution in [-0.2, 0) is 16.0 Å². The minimum Gasteiger partial charge on any atom is -0.456 e. The molecule has 0 spiro atoms. The molecular weight excluding hydrogens is 248 g/mol. The zero-order valence-corrected chi connectivity index (χ0v) is 13.2. The fraction of sp³-hybridized carbons (Fsp3) is 0.500. The Balaban J connectivity index is 2.31. The Kier molecular flexibility index (Phi) is 3.77. The molecule has 0 saturated heterocycles. The third-order valence-corrected chi connectivity index (χ3v) is 4.38. The highest BCUT2D eigenvalue weighted by atomic mass is 16.6. The molecule has 0 saturated carbocycles. The van der Waals surface area contributed by atoms with Crippen LogP contribution in [0.2, 0.25) is 0 Å². The van der Waals surface area contributed by atoms with Gasteiger partial charge in [-0.25, -0.2) is 4.79 Å². The first-order valence-electron chi connectivity index (χ1n) is 7.21. The summed E-state index contributed by atoms with van der Waals surface area (Å²) in [6.45, 7) is 13.6. The quantitative estimate of drug-likeness (QED) is 0.608. The van der Waals surface area contributed by atoms with Gasteiger partial charge in [-0.1, -0.05) is 18.7 Å². The normalized spacial score (nSPS) is 17.8. The molecule has 2 heteroatoms. The molecule has 2 nitrogen and oxygen atoms in total. The molecule has 0 aliphatic heterocycles. The lowest BCUT2D eigenvalue weighted by atomic mass is 9.84. The molecule has 20 heavy (non-hydrogen) atoms. The fourth-order valence-electron chi connectivity index (χ4n) is 3.01. The van der Waals surface area contributed by atoms with E-state index < -0.39 is 5.60 Å².